The molecule has 0 unspecified atom stereocenters. The van der Waals surface area contributed by atoms with Crippen LogP contribution in [-0.4, -0.2) is 63.4 Å². The number of carbonyl (C=O) groups is 1. The second kappa shape index (κ2) is 10.3. The summed E-state index contributed by atoms with van der Waals surface area (Å²) in [4.78, 5) is 17.2. The zero-order valence-corrected chi connectivity index (χ0v) is 19.3. The zero-order chi connectivity index (χ0) is 22.4. The van der Waals surface area contributed by atoms with Crippen LogP contribution in [0, 0.1) is 0 Å². The topological polar surface area (TPSA) is 60.9 Å². The Labute approximate surface area is 189 Å². The Kier molecular flexibility index (Phi) is 7.75. The van der Waals surface area contributed by atoms with Gasteiger partial charge in [-0.3, -0.25) is 14.0 Å². The first kappa shape index (κ1) is 23.3. The second-order valence-electron chi connectivity index (χ2n) is 7.46. The van der Waals surface area contributed by atoms with E-state index in [4.69, 9.17) is 11.6 Å². The average Bonchev–Trinajstić information content (AvgIpc) is 2.78. The largest absolute Gasteiger partial charge is 0.336 e. The Morgan fingerprint density at radius 3 is 2.42 bits per heavy atom. The average molecular weight is 462 g/mol. The normalized spacial score (nSPS) is 15.0. The SMILES string of the molecule is C=CCN(c1ccc(Cl)cc1)S(=O)(=O)c1cccc(C(=O)N2CCN(CCC)CC2)c1. The first-order valence-electron chi connectivity index (χ1n) is 10.4. The van der Waals surface area contributed by atoms with Crippen molar-refractivity contribution in [2.75, 3.05) is 43.6 Å². The van der Waals surface area contributed by atoms with E-state index in [2.05, 4.69) is 18.4 Å². The second-order valence-corrected chi connectivity index (χ2v) is 9.76. The summed E-state index contributed by atoms with van der Waals surface area (Å²) in [6, 6.07) is 12.8. The highest BCUT2D eigenvalue weighted by molar-refractivity contribution is 7.92. The molecule has 0 atom stereocenters. The maximum Gasteiger partial charge on any atom is 0.264 e. The molecule has 2 aromatic carbocycles. The number of sulfonamides is 1. The van der Waals surface area contributed by atoms with Crippen LogP contribution in [0.5, 0.6) is 0 Å². The molecule has 0 spiro atoms. The molecule has 0 aromatic heterocycles. The van der Waals surface area contributed by atoms with Gasteiger partial charge in [-0.2, -0.15) is 0 Å². The van der Waals surface area contributed by atoms with E-state index in [1.165, 1.54) is 22.5 Å². The van der Waals surface area contributed by atoms with Crippen molar-refractivity contribution in [1.82, 2.24) is 9.80 Å². The quantitative estimate of drug-likeness (QED) is 0.559. The number of amides is 1. The number of nitrogens with zero attached hydrogens (tertiary/aromatic N) is 3. The van der Waals surface area contributed by atoms with Crippen LogP contribution in [0.3, 0.4) is 0 Å². The highest BCUT2D eigenvalue weighted by Crippen LogP contribution is 2.26. The highest BCUT2D eigenvalue weighted by Gasteiger charge is 2.27. The molecule has 3 rings (SSSR count). The van der Waals surface area contributed by atoms with Crippen molar-refractivity contribution in [1.29, 1.82) is 0 Å². The van der Waals surface area contributed by atoms with Gasteiger partial charge in [-0.25, -0.2) is 8.42 Å². The Bertz CT molecular complexity index is 1020. The summed E-state index contributed by atoms with van der Waals surface area (Å²) in [6.07, 6.45) is 2.61. The fraction of sp³-hybridized carbons (Fsp3) is 0.348. The van der Waals surface area contributed by atoms with Gasteiger partial charge in [-0.15, -0.1) is 6.58 Å². The van der Waals surface area contributed by atoms with Crippen LogP contribution in [-0.2, 0) is 10.0 Å². The predicted octanol–water partition coefficient (Wildman–Crippen LogP) is 3.89. The lowest BCUT2D eigenvalue weighted by molar-refractivity contribution is 0.0637. The van der Waals surface area contributed by atoms with E-state index in [0.717, 1.165) is 26.1 Å². The van der Waals surface area contributed by atoms with Crippen LogP contribution < -0.4 is 4.31 Å². The van der Waals surface area contributed by atoms with Gasteiger partial charge in [0.15, 0.2) is 0 Å². The molecule has 0 radical (unpaired) electrons. The van der Waals surface area contributed by atoms with Crippen molar-refractivity contribution in [3.05, 3.63) is 71.8 Å². The van der Waals surface area contributed by atoms with Gasteiger partial charge in [-0.05, 0) is 55.4 Å². The number of hydrogen-bond donors (Lipinski definition) is 0. The molecule has 8 heteroatoms. The van der Waals surface area contributed by atoms with Gasteiger partial charge in [0.05, 0.1) is 17.1 Å². The van der Waals surface area contributed by atoms with Crippen LogP contribution in [0.2, 0.25) is 5.02 Å². The molecule has 166 valence electrons. The minimum Gasteiger partial charge on any atom is -0.336 e. The number of piperazine rings is 1. The fourth-order valence-corrected chi connectivity index (χ4v) is 5.26. The van der Waals surface area contributed by atoms with Gasteiger partial charge in [-0.1, -0.05) is 30.7 Å². The molecule has 1 saturated heterocycles. The van der Waals surface area contributed by atoms with E-state index < -0.39 is 10.0 Å². The molecule has 1 heterocycles. The van der Waals surface area contributed by atoms with Crippen LogP contribution in [0.1, 0.15) is 23.7 Å². The molecule has 0 N–H and O–H groups in total. The lowest BCUT2D eigenvalue weighted by Crippen LogP contribution is -2.48. The third kappa shape index (κ3) is 5.47. The maximum absolute atomic E-state index is 13.4. The smallest absolute Gasteiger partial charge is 0.264 e. The van der Waals surface area contributed by atoms with Crippen molar-refractivity contribution in [3.8, 4) is 0 Å². The Morgan fingerprint density at radius 1 is 1.13 bits per heavy atom. The van der Waals surface area contributed by atoms with Crippen LogP contribution in [0.25, 0.3) is 0 Å². The van der Waals surface area contributed by atoms with Crippen molar-refractivity contribution in [2.24, 2.45) is 0 Å². The summed E-state index contributed by atoms with van der Waals surface area (Å²) >= 11 is 5.95. The summed E-state index contributed by atoms with van der Waals surface area (Å²) < 4.78 is 28.0. The first-order chi connectivity index (χ1) is 14.9. The minimum absolute atomic E-state index is 0.0692. The molecule has 0 saturated carbocycles. The Balaban J connectivity index is 1.84. The molecule has 0 bridgehead atoms. The number of hydrogen-bond acceptors (Lipinski definition) is 4. The molecule has 1 amide bonds. The fourth-order valence-electron chi connectivity index (χ4n) is 3.66. The summed E-state index contributed by atoms with van der Waals surface area (Å²) in [5, 5.41) is 0.520. The number of benzene rings is 2. The lowest BCUT2D eigenvalue weighted by Gasteiger charge is -2.34. The van der Waals surface area contributed by atoms with Crippen LogP contribution in [0.15, 0.2) is 66.1 Å². The molecule has 1 aliphatic heterocycles. The van der Waals surface area contributed by atoms with E-state index in [0.29, 0.717) is 29.4 Å². The standard InChI is InChI=1S/C23H28ClN3O3S/c1-3-12-25-14-16-26(17-15-25)23(28)19-6-5-7-22(18-19)31(29,30)27(13-4-2)21-10-8-20(24)9-11-21/h4-11,18H,2-3,12-17H2,1H3. The molecule has 1 fully saturated rings. The first-order valence-corrected chi connectivity index (χ1v) is 12.2. The van der Waals surface area contributed by atoms with E-state index in [-0.39, 0.29) is 17.3 Å². The number of carbonyl (C=O) groups excluding carboxylic acids is 1. The van der Waals surface area contributed by atoms with Gasteiger partial charge in [0.25, 0.3) is 15.9 Å². The molecule has 2 aromatic rings. The van der Waals surface area contributed by atoms with Crippen LogP contribution in [0.4, 0.5) is 5.69 Å². The third-order valence-corrected chi connectivity index (χ3v) is 7.32. The molecular weight excluding hydrogens is 434 g/mol. The molecule has 6 nitrogen and oxygen atoms in total. The van der Waals surface area contributed by atoms with Gasteiger partial charge in [0.2, 0.25) is 0 Å². The van der Waals surface area contributed by atoms with Gasteiger partial charge >= 0.3 is 0 Å². The molecule has 31 heavy (non-hydrogen) atoms. The van der Waals surface area contributed by atoms with Gasteiger partial charge in [0, 0.05) is 36.8 Å². The van der Waals surface area contributed by atoms with Crippen molar-refractivity contribution >= 4 is 33.2 Å². The molecule has 0 aliphatic carbocycles. The number of halogens is 1. The summed E-state index contributed by atoms with van der Waals surface area (Å²) in [6.45, 7) is 9.90. The van der Waals surface area contributed by atoms with E-state index in [9.17, 15) is 13.2 Å². The Hall–Kier alpha value is -2.35. The lowest BCUT2D eigenvalue weighted by atomic mass is 10.2. The van der Waals surface area contributed by atoms with Gasteiger partial charge in [0.1, 0.15) is 0 Å². The minimum atomic E-state index is -3.89. The van der Waals surface area contributed by atoms with Crippen molar-refractivity contribution in [3.63, 3.8) is 0 Å². The van der Waals surface area contributed by atoms with E-state index in [1.807, 2.05) is 0 Å². The van der Waals surface area contributed by atoms with Crippen molar-refractivity contribution < 1.29 is 13.2 Å². The van der Waals surface area contributed by atoms with Gasteiger partial charge < -0.3 is 4.90 Å². The number of rotatable bonds is 8. The zero-order valence-electron chi connectivity index (χ0n) is 17.7. The predicted molar refractivity (Wildman–Crippen MR) is 125 cm³/mol. The summed E-state index contributed by atoms with van der Waals surface area (Å²) in [5.74, 6) is -0.144. The summed E-state index contributed by atoms with van der Waals surface area (Å²) in [5.41, 5.74) is 0.854. The van der Waals surface area contributed by atoms with Crippen LogP contribution >= 0.6 is 11.6 Å². The number of anilines is 1. The molecular formula is C23H28ClN3O3S. The summed E-state index contributed by atoms with van der Waals surface area (Å²) in [7, 11) is -3.89. The van der Waals surface area contributed by atoms with E-state index >= 15 is 0 Å². The third-order valence-electron chi connectivity index (χ3n) is 5.28. The Morgan fingerprint density at radius 2 is 1.81 bits per heavy atom. The maximum atomic E-state index is 13.4. The highest BCUT2D eigenvalue weighted by atomic mass is 35.5. The monoisotopic (exact) mass is 461 g/mol. The molecule has 1 aliphatic rings. The van der Waals surface area contributed by atoms with Crippen molar-refractivity contribution in [2.45, 2.75) is 18.2 Å². The van der Waals surface area contributed by atoms with E-state index in [1.54, 1.807) is 41.3 Å².